The fourth-order valence-electron chi connectivity index (χ4n) is 3.90. The third-order valence-corrected chi connectivity index (χ3v) is 5.44. The van der Waals surface area contributed by atoms with E-state index in [-0.39, 0.29) is 24.0 Å². The van der Waals surface area contributed by atoms with Crippen LogP contribution in [0.15, 0.2) is 47.7 Å². The highest BCUT2D eigenvalue weighted by Crippen LogP contribution is 2.13. The second kappa shape index (κ2) is 13.6. The minimum Gasteiger partial charge on any atom is -0.357 e. The SMILES string of the molecule is CCNC(=NCCCCn1ccnc1C)NC1CCCN(Cc2ccccc2)C1.I. The van der Waals surface area contributed by atoms with Gasteiger partial charge in [-0.05, 0) is 51.6 Å². The number of hydrogen-bond acceptors (Lipinski definition) is 3. The van der Waals surface area contributed by atoms with Gasteiger partial charge in [0, 0.05) is 51.2 Å². The van der Waals surface area contributed by atoms with E-state index in [2.05, 4.69) is 75.5 Å². The Kier molecular flexibility index (Phi) is 11.2. The summed E-state index contributed by atoms with van der Waals surface area (Å²) in [5.41, 5.74) is 1.39. The lowest BCUT2D eigenvalue weighted by Gasteiger charge is -2.34. The standard InChI is InChI=1S/C23H36N6.HI/c1-3-24-23(26-13-7-8-16-29-17-14-25-20(29)2)27-22-12-9-15-28(19-22)18-21-10-5-4-6-11-21;/h4-6,10-11,14,17,22H,3,7-9,12-13,15-16,18-19H2,1-2H3,(H2,24,26,27);1H. The molecule has 1 atom stereocenters. The van der Waals surface area contributed by atoms with Crippen molar-refractivity contribution in [3.05, 3.63) is 54.1 Å². The third-order valence-electron chi connectivity index (χ3n) is 5.44. The van der Waals surface area contributed by atoms with Crippen molar-refractivity contribution < 1.29 is 0 Å². The van der Waals surface area contributed by atoms with Gasteiger partial charge in [-0.2, -0.15) is 0 Å². The highest BCUT2D eigenvalue weighted by Gasteiger charge is 2.20. The fourth-order valence-corrected chi connectivity index (χ4v) is 3.90. The van der Waals surface area contributed by atoms with Gasteiger partial charge in [0.2, 0.25) is 0 Å². The van der Waals surface area contributed by atoms with Crippen LogP contribution in [0.3, 0.4) is 0 Å². The van der Waals surface area contributed by atoms with Crippen molar-refractivity contribution in [3.63, 3.8) is 0 Å². The van der Waals surface area contributed by atoms with Crippen LogP contribution in [0.4, 0.5) is 0 Å². The summed E-state index contributed by atoms with van der Waals surface area (Å²) in [4.78, 5) is 11.6. The number of imidazole rings is 1. The van der Waals surface area contributed by atoms with Crippen molar-refractivity contribution in [2.45, 2.75) is 58.7 Å². The molecule has 2 N–H and O–H groups in total. The molecular weight excluding hydrogens is 487 g/mol. The molecule has 1 aliphatic heterocycles. The number of piperidine rings is 1. The molecule has 1 aromatic heterocycles. The Morgan fingerprint density at radius 1 is 1.23 bits per heavy atom. The van der Waals surface area contributed by atoms with Crippen LogP contribution in [0.2, 0.25) is 0 Å². The molecule has 1 aromatic carbocycles. The lowest BCUT2D eigenvalue weighted by molar-refractivity contribution is 0.192. The maximum absolute atomic E-state index is 4.81. The zero-order valence-electron chi connectivity index (χ0n) is 18.4. The molecule has 1 aliphatic rings. The van der Waals surface area contributed by atoms with Gasteiger partial charge in [0.25, 0.3) is 0 Å². The van der Waals surface area contributed by atoms with Crippen LogP contribution in [-0.4, -0.2) is 52.6 Å². The average Bonchev–Trinajstić information content (AvgIpc) is 3.14. The van der Waals surface area contributed by atoms with Gasteiger partial charge in [-0.15, -0.1) is 24.0 Å². The normalized spacial score (nSPS) is 17.4. The Hall–Kier alpha value is -1.61. The van der Waals surface area contributed by atoms with Gasteiger partial charge in [0.1, 0.15) is 5.82 Å². The van der Waals surface area contributed by atoms with E-state index in [0.29, 0.717) is 6.04 Å². The highest BCUT2D eigenvalue weighted by atomic mass is 127. The zero-order chi connectivity index (χ0) is 20.3. The Labute approximate surface area is 198 Å². The van der Waals surface area contributed by atoms with E-state index >= 15 is 0 Å². The van der Waals surface area contributed by atoms with E-state index in [1.807, 2.05) is 6.20 Å². The summed E-state index contributed by atoms with van der Waals surface area (Å²) < 4.78 is 2.20. The second-order valence-electron chi connectivity index (χ2n) is 7.84. The van der Waals surface area contributed by atoms with E-state index in [1.165, 1.54) is 24.9 Å². The fraction of sp³-hybridized carbons (Fsp3) is 0.565. The lowest BCUT2D eigenvalue weighted by Crippen LogP contribution is -2.51. The van der Waals surface area contributed by atoms with E-state index < -0.39 is 0 Å². The van der Waals surface area contributed by atoms with Crippen LogP contribution in [0.1, 0.15) is 44.0 Å². The summed E-state index contributed by atoms with van der Waals surface area (Å²) >= 11 is 0. The molecule has 30 heavy (non-hydrogen) atoms. The van der Waals surface area contributed by atoms with Crippen molar-refractivity contribution in [1.29, 1.82) is 0 Å². The van der Waals surface area contributed by atoms with Crippen molar-refractivity contribution in [3.8, 4) is 0 Å². The van der Waals surface area contributed by atoms with Gasteiger partial charge < -0.3 is 15.2 Å². The van der Waals surface area contributed by atoms with Crippen molar-refractivity contribution in [2.75, 3.05) is 26.2 Å². The van der Waals surface area contributed by atoms with Crippen LogP contribution in [-0.2, 0) is 13.1 Å². The first-order valence-electron chi connectivity index (χ1n) is 11.0. The molecule has 0 radical (unpaired) electrons. The van der Waals surface area contributed by atoms with Gasteiger partial charge in [-0.3, -0.25) is 9.89 Å². The first-order valence-corrected chi connectivity index (χ1v) is 11.0. The molecule has 0 spiro atoms. The maximum atomic E-state index is 4.81. The van der Waals surface area contributed by atoms with Gasteiger partial charge in [-0.1, -0.05) is 30.3 Å². The zero-order valence-corrected chi connectivity index (χ0v) is 20.7. The smallest absolute Gasteiger partial charge is 0.191 e. The molecule has 166 valence electrons. The molecule has 2 heterocycles. The molecule has 0 aliphatic carbocycles. The lowest BCUT2D eigenvalue weighted by atomic mass is 10.0. The molecule has 7 heteroatoms. The number of aromatic nitrogens is 2. The Morgan fingerprint density at radius 2 is 2.07 bits per heavy atom. The van der Waals surface area contributed by atoms with Crippen LogP contribution in [0.5, 0.6) is 0 Å². The van der Waals surface area contributed by atoms with Crippen LogP contribution < -0.4 is 10.6 Å². The first kappa shape index (κ1) is 24.7. The van der Waals surface area contributed by atoms with Crippen molar-refractivity contribution >= 4 is 29.9 Å². The van der Waals surface area contributed by atoms with Gasteiger partial charge in [0.15, 0.2) is 5.96 Å². The van der Waals surface area contributed by atoms with Crippen LogP contribution in [0, 0.1) is 6.92 Å². The molecule has 0 saturated carbocycles. The second-order valence-corrected chi connectivity index (χ2v) is 7.84. The Bertz CT molecular complexity index is 745. The summed E-state index contributed by atoms with van der Waals surface area (Å²) in [7, 11) is 0. The summed E-state index contributed by atoms with van der Waals surface area (Å²) in [6.45, 7) is 10.2. The number of likely N-dealkylation sites (tertiary alicyclic amines) is 1. The maximum Gasteiger partial charge on any atom is 0.191 e. The van der Waals surface area contributed by atoms with Crippen molar-refractivity contribution in [2.24, 2.45) is 4.99 Å². The third kappa shape index (κ3) is 8.26. The van der Waals surface area contributed by atoms with E-state index in [9.17, 15) is 0 Å². The summed E-state index contributed by atoms with van der Waals surface area (Å²) in [5.74, 6) is 2.04. The summed E-state index contributed by atoms with van der Waals surface area (Å²) in [6.07, 6.45) is 8.55. The topological polar surface area (TPSA) is 57.5 Å². The number of rotatable bonds is 9. The van der Waals surface area contributed by atoms with Crippen molar-refractivity contribution in [1.82, 2.24) is 25.1 Å². The van der Waals surface area contributed by atoms with E-state index in [0.717, 1.165) is 57.3 Å². The molecule has 6 nitrogen and oxygen atoms in total. The summed E-state index contributed by atoms with van der Waals surface area (Å²) in [6, 6.07) is 11.2. The van der Waals surface area contributed by atoms with E-state index in [4.69, 9.17) is 4.99 Å². The largest absolute Gasteiger partial charge is 0.357 e. The average molecular weight is 524 g/mol. The molecule has 1 unspecified atom stereocenters. The quantitative estimate of drug-likeness (QED) is 0.227. The van der Waals surface area contributed by atoms with E-state index in [1.54, 1.807) is 0 Å². The molecule has 1 saturated heterocycles. The highest BCUT2D eigenvalue weighted by molar-refractivity contribution is 14.0. The minimum atomic E-state index is 0. The number of nitrogens with one attached hydrogen (secondary N) is 2. The predicted molar refractivity (Wildman–Crippen MR) is 135 cm³/mol. The molecule has 3 rings (SSSR count). The van der Waals surface area contributed by atoms with Gasteiger partial charge in [-0.25, -0.2) is 4.98 Å². The minimum absolute atomic E-state index is 0. The number of halogens is 1. The molecule has 0 amide bonds. The predicted octanol–water partition coefficient (Wildman–Crippen LogP) is 3.81. The van der Waals surface area contributed by atoms with Crippen LogP contribution in [0.25, 0.3) is 0 Å². The molecule has 2 aromatic rings. The Morgan fingerprint density at radius 3 is 2.80 bits per heavy atom. The van der Waals surface area contributed by atoms with Gasteiger partial charge in [0.05, 0.1) is 0 Å². The number of unbranched alkanes of at least 4 members (excludes halogenated alkanes) is 1. The Balaban J connectivity index is 0.00000320. The monoisotopic (exact) mass is 524 g/mol. The number of hydrogen-bond donors (Lipinski definition) is 2. The number of aryl methyl sites for hydroxylation is 2. The molecule has 0 bridgehead atoms. The summed E-state index contributed by atoms with van der Waals surface area (Å²) in [5, 5.41) is 7.08. The first-order chi connectivity index (χ1) is 14.2. The number of nitrogens with zero attached hydrogens (tertiary/aromatic N) is 4. The molecule has 1 fully saturated rings. The number of benzene rings is 1. The number of aliphatic imine (C=N–C) groups is 1. The molecular formula is C23H37IN6. The van der Waals surface area contributed by atoms with Gasteiger partial charge >= 0.3 is 0 Å². The van der Waals surface area contributed by atoms with Crippen LogP contribution >= 0.6 is 24.0 Å². The number of guanidine groups is 1.